The van der Waals surface area contributed by atoms with Gasteiger partial charge in [-0.05, 0) is 43.2 Å². The summed E-state index contributed by atoms with van der Waals surface area (Å²) in [6, 6.07) is 7.57. The Hall–Kier alpha value is -1.63. The highest BCUT2D eigenvalue weighted by molar-refractivity contribution is 7.92. The average Bonchev–Trinajstić information content (AvgIpc) is 3.34. The second-order valence-corrected chi connectivity index (χ2v) is 7.71. The predicted molar refractivity (Wildman–Crippen MR) is 88.6 cm³/mol. The number of pyridine rings is 1. The molecule has 0 saturated heterocycles. The van der Waals surface area contributed by atoms with Crippen LogP contribution in [0.3, 0.4) is 0 Å². The van der Waals surface area contributed by atoms with E-state index in [1.54, 1.807) is 24.3 Å². The SMILES string of the molecule is O=C(c1ccc(NS(=O)(=O)c2cnc(Cl)c(Cl)c2)cc1)C1CC1. The van der Waals surface area contributed by atoms with Gasteiger partial charge in [0.05, 0.1) is 5.02 Å². The number of Topliss-reactive ketones (excluding diaryl/α,β-unsaturated/α-hetero) is 1. The first-order valence-electron chi connectivity index (χ1n) is 6.85. The normalized spacial score (nSPS) is 14.5. The predicted octanol–water partition coefficient (Wildman–Crippen LogP) is 3.78. The monoisotopic (exact) mass is 370 g/mol. The molecule has 120 valence electrons. The molecule has 5 nitrogen and oxygen atoms in total. The molecule has 0 amide bonds. The number of hydrogen-bond acceptors (Lipinski definition) is 4. The fourth-order valence-corrected chi connectivity index (χ4v) is 3.41. The molecule has 8 heteroatoms. The van der Waals surface area contributed by atoms with Crippen molar-refractivity contribution in [1.82, 2.24) is 4.98 Å². The van der Waals surface area contributed by atoms with Crippen molar-refractivity contribution in [3.05, 3.63) is 52.3 Å². The van der Waals surface area contributed by atoms with E-state index in [9.17, 15) is 13.2 Å². The number of sulfonamides is 1. The number of carbonyl (C=O) groups is 1. The van der Waals surface area contributed by atoms with Gasteiger partial charge in [-0.1, -0.05) is 23.2 Å². The van der Waals surface area contributed by atoms with Gasteiger partial charge in [0.15, 0.2) is 5.78 Å². The third kappa shape index (κ3) is 3.65. The number of nitrogens with zero attached hydrogens (tertiary/aromatic N) is 1. The zero-order chi connectivity index (χ0) is 16.6. The zero-order valence-corrected chi connectivity index (χ0v) is 14.1. The van der Waals surface area contributed by atoms with Gasteiger partial charge in [-0.2, -0.15) is 0 Å². The third-order valence-electron chi connectivity index (χ3n) is 3.45. The fourth-order valence-electron chi connectivity index (χ4n) is 2.05. The number of benzene rings is 1. The largest absolute Gasteiger partial charge is 0.294 e. The quantitative estimate of drug-likeness (QED) is 0.641. The van der Waals surface area contributed by atoms with E-state index in [2.05, 4.69) is 9.71 Å². The Bertz CT molecular complexity index is 863. The minimum atomic E-state index is -3.83. The lowest BCUT2D eigenvalue weighted by atomic mass is 10.1. The number of ketones is 1. The molecule has 2 aromatic rings. The van der Waals surface area contributed by atoms with Crippen LogP contribution >= 0.6 is 23.2 Å². The van der Waals surface area contributed by atoms with Gasteiger partial charge >= 0.3 is 0 Å². The molecule has 23 heavy (non-hydrogen) atoms. The molecule has 1 aromatic carbocycles. The summed E-state index contributed by atoms with van der Waals surface area (Å²) in [6.45, 7) is 0. The Morgan fingerprint density at radius 2 is 1.83 bits per heavy atom. The summed E-state index contributed by atoms with van der Waals surface area (Å²) in [5.74, 6) is 0.230. The van der Waals surface area contributed by atoms with E-state index in [1.165, 1.54) is 6.07 Å². The number of halogens is 2. The summed E-state index contributed by atoms with van der Waals surface area (Å²) in [5, 5.41) is 0.0912. The van der Waals surface area contributed by atoms with Crippen LogP contribution in [0.2, 0.25) is 10.2 Å². The highest BCUT2D eigenvalue weighted by atomic mass is 35.5. The molecule has 3 rings (SSSR count). The van der Waals surface area contributed by atoms with Gasteiger partial charge in [-0.25, -0.2) is 13.4 Å². The number of aromatic nitrogens is 1. The van der Waals surface area contributed by atoms with E-state index in [0.29, 0.717) is 11.3 Å². The molecular formula is C15H12Cl2N2O3S. The Labute approximate surface area is 143 Å². The van der Waals surface area contributed by atoms with Crippen LogP contribution in [0.5, 0.6) is 0 Å². The lowest BCUT2D eigenvalue weighted by molar-refractivity contribution is 0.0967. The number of rotatable bonds is 5. The summed E-state index contributed by atoms with van der Waals surface area (Å²) in [4.78, 5) is 15.5. The van der Waals surface area contributed by atoms with Crippen molar-refractivity contribution in [2.75, 3.05) is 4.72 Å². The summed E-state index contributed by atoms with van der Waals surface area (Å²) in [7, 11) is -3.83. The van der Waals surface area contributed by atoms with Gasteiger partial charge in [0.2, 0.25) is 0 Å². The molecular weight excluding hydrogens is 359 g/mol. The highest BCUT2D eigenvalue weighted by Crippen LogP contribution is 2.33. The molecule has 0 aliphatic heterocycles. The Morgan fingerprint density at radius 1 is 1.17 bits per heavy atom. The maximum Gasteiger partial charge on any atom is 0.263 e. The summed E-state index contributed by atoms with van der Waals surface area (Å²) < 4.78 is 27.0. The van der Waals surface area contributed by atoms with Crippen molar-refractivity contribution >= 4 is 44.7 Å². The first-order valence-corrected chi connectivity index (χ1v) is 9.09. The van der Waals surface area contributed by atoms with E-state index in [1.807, 2.05) is 0 Å². The van der Waals surface area contributed by atoms with Crippen LogP contribution in [0.1, 0.15) is 23.2 Å². The van der Waals surface area contributed by atoms with E-state index in [-0.39, 0.29) is 26.8 Å². The van der Waals surface area contributed by atoms with Crippen molar-refractivity contribution in [1.29, 1.82) is 0 Å². The summed E-state index contributed by atoms with van der Waals surface area (Å²) in [5.41, 5.74) is 0.940. The first kappa shape index (κ1) is 16.2. The van der Waals surface area contributed by atoms with Gasteiger partial charge in [-0.15, -0.1) is 0 Å². The van der Waals surface area contributed by atoms with Crippen molar-refractivity contribution in [2.24, 2.45) is 5.92 Å². The Morgan fingerprint density at radius 3 is 2.39 bits per heavy atom. The van der Waals surface area contributed by atoms with Gasteiger partial charge < -0.3 is 0 Å². The third-order valence-corrected chi connectivity index (χ3v) is 5.49. The molecule has 1 N–H and O–H groups in total. The van der Waals surface area contributed by atoms with Gasteiger partial charge in [0, 0.05) is 23.4 Å². The topological polar surface area (TPSA) is 76.1 Å². The number of carbonyl (C=O) groups excluding carboxylic acids is 1. The van der Waals surface area contributed by atoms with Crippen LogP contribution in [0, 0.1) is 5.92 Å². The van der Waals surface area contributed by atoms with Crippen LogP contribution in [0.25, 0.3) is 0 Å². The first-order chi connectivity index (χ1) is 10.9. The van der Waals surface area contributed by atoms with Gasteiger partial charge in [-0.3, -0.25) is 9.52 Å². The molecule has 0 spiro atoms. The van der Waals surface area contributed by atoms with E-state index in [0.717, 1.165) is 19.0 Å². The minimum Gasteiger partial charge on any atom is -0.294 e. The van der Waals surface area contributed by atoms with Crippen LogP contribution in [-0.2, 0) is 10.0 Å². The van der Waals surface area contributed by atoms with E-state index >= 15 is 0 Å². The van der Waals surface area contributed by atoms with E-state index in [4.69, 9.17) is 23.2 Å². The number of nitrogens with one attached hydrogen (secondary N) is 1. The Balaban J connectivity index is 1.79. The standard InChI is InChI=1S/C15H12Cl2N2O3S/c16-13-7-12(8-18-15(13)17)23(21,22)19-11-5-3-10(4-6-11)14(20)9-1-2-9/h3-9,19H,1-2H2. The molecule has 1 aromatic heterocycles. The average molecular weight is 371 g/mol. The smallest absolute Gasteiger partial charge is 0.263 e. The molecule has 1 aliphatic rings. The number of anilines is 1. The van der Waals surface area contributed by atoms with Crippen molar-refractivity contribution in [3.63, 3.8) is 0 Å². The van der Waals surface area contributed by atoms with Crippen molar-refractivity contribution < 1.29 is 13.2 Å². The molecule has 0 unspecified atom stereocenters. The fraction of sp³-hybridized carbons (Fsp3) is 0.200. The second kappa shape index (κ2) is 6.11. The molecule has 0 radical (unpaired) electrons. The van der Waals surface area contributed by atoms with Crippen LogP contribution in [-0.4, -0.2) is 19.2 Å². The lowest BCUT2D eigenvalue weighted by Crippen LogP contribution is -2.13. The van der Waals surface area contributed by atoms with Crippen LogP contribution in [0.4, 0.5) is 5.69 Å². The summed E-state index contributed by atoms with van der Waals surface area (Å²) in [6.07, 6.45) is 2.98. The van der Waals surface area contributed by atoms with Crippen molar-refractivity contribution in [3.8, 4) is 0 Å². The molecule has 1 saturated carbocycles. The molecule has 0 bridgehead atoms. The molecule has 1 fully saturated rings. The van der Waals surface area contributed by atoms with Crippen LogP contribution < -0.4 is 4.72 Å². The van der Waals surface area contributed by atoms with E-state index < -0.39 is 10.0 Å². The minimum absolute atomic E-state index is 0.0357. The zero-order valence-electron chi connectivity index (χ0n) is 11.8. The summed E-state index contributed by atoms with van der Waals surface area (Å²) >= 11 is 11.5. The maximum atomic E-state index is 12.3. The maximum absolute atomic E-state index is 12.3. The Kier molecular flexibility index (Phi) is 4.31. The van der Waals surface area contributed by atoms with Gasteiger partial charge in [0.1, 0.15) is 10.0 Å². The number of hydrogen-bond donors (Lipinski definition) is 1. The molecule has 0 atom stereocenters. The molecule has 1 heterocycles. The van der Waals surface area contributed by atoms with Gasteiger partial charge in [0.25, 0.3) is 10.0 Å². The second-order valence-electron chi connectivity index (χ2n) is 5.27. The highest BCUT2D eigenvalue weighted by Gasteiger charge is 2.30. The lowest BCUT2D eigenvalue weighted by Gasteiger charge is -2.09. The molecule has 1 aliphatic carbocycles. The van der Waals surface area contributed by atoms with Crippen molar-refractivity contribution in [2.45, 2.75) is 17.7 Å². The van der Waals surface area contributed by atoms with Crippen LogP contribution in [0.15, 0.2) is 41.4 Å².